The lowest BCUT2D eigenvalue weighted by Gasteiger charge is -2.32. The Kier molecular flexibility index (Phi) is 4.07. The van der Waals surface area contributed by atoms with Crippen molar-refractivity contribution in [1.29, 1.82) is 0 Å². The topological polar surface area (TPSA) is 42.2 Å². The third kappa shape index (κ3) is 3.23. The zero-order valence-electron chi connectivity index (χ0n) is 10.2. The van der Waals surface area contributed by atoms with Crippen LogP contribution >= 0.6 is 12.2 Å². The summed E-state index contributed by atoms with van der Waals surface area (Å²) in [4.78, 5) is 7.50. The Bertz CT molecular complexity index is 405. The Balaban J connectivity index is 1.99. The zero-order valence-corrected chi connectivity index (χ0v) is 11.0. The van der Waals surface area contributed by atoms with E-state index in [1.165, 1.54) is 12.0 Å². The van der Waals surface area contributed by atoms with E-state index >= 15 is 0 Å². The van der Waals surface area contributed by atoms with E-state index in [2.05, 4.69) is 22.9 Å². The van der Waals surface area contributed by atoms with E-state index in [1.54, 1.807) is 0 Å². The molecule has 2 N–H and O–H groups in total. The molecule has 0 saturated carbocycles. The van der Waals surface area contributed by atoms with Gasteiger partial charge in [-0.2, -0.15) is 0 Å². The van der Waals surface area contributed by atoms with E-state index in [9.17, 15) is 0 Å². The highest BCUT2D eigenvalue weighted by Crippen LogP contribution is 2.19. The van der Waals surface area contributed by atoms with Crippen LogP contribution in [0, 0.1) is 12.8 Å². The summed E-state index contributed by atoms with van der Waals surface area (Å²) in [5, 5.41) is 0. The molecule has 0 radical (unpaired) electrons. The summed E-state index contributed by atoms with van der Waals surface area (Å²) in [6.07, 6.45) is 4.16. The van der Waals surface area contributed by atoms with Gasteiger partial charge in [-0.1, -0.05) is 18.3 Å². The second-order valence-corrected chi connectivity index (χ2v) is 5.22. The average molecular weight is 249 g/mol. The van der Waals surface area contributed by atoms with Crippen LogP contribution in [0.1, 0.15) is 24.1 Å². The number of hydrogen-bond acceptors (Lipinski definition) is 3. The summed E-state index contributed by atoms with van der Waals surface area (Å²) in [6.45, 7) is 5.11. The molecule has 17 heavy (non-hydrogen) atoms. The van der Waals surface area contributed by atoms with E-state index in [4.69, 9.17) is 18.0 Å². The van der Waals surface area contributed by atoms with Crippen LogP contribution in [0.4, 0.5) is 0 Å². The van der Waals surface area contributed by atoms with Crippen molar-refractivity contribution in [2.75, 3.05) is 13.1 Å². The van der Waals surface area contributed by atoms with Crippen LogP contribution in [0.5, 0.6) is 0 Å². The maximum absolute atomic E-state index is 5.74. The Hall–Kier alpha value is -1.00. The number of nitrogens with two attached hydrogens (primary N) is 1. The Morgan fingerprint density at radius 3 is 3.18 bits per heavy atom. The van der Waals surface area contributed by atoms with Crippen LogP contribution in [-0.2, 0) is 6.54 Å². The van der Waals surface area contributed by atoms with Crippen molar-refractivity contribution in [2.24, 2.45) is 11.7 Å². The molecular formula is C13H19N3S. The molecule has 1 aromatic heterocycles. The number of nitrogens with zero attached hydrogens (tertiary/aromatic N) is 2. The molecule has 1 aliphatic rings. The van der Waals surface area contributed by atoms with E-state index < -0.39 is 0 Å². The van der Waals surface area contributed by atoms with Crippen molar-refractivity contribution in [3.05, 3.63) is 29.6 Å². The fraction of sp³-hybridized carbons (Fsp3) is 0.538. The summed E-state index contributed by atoms with van der Waals surface area (Å²) in [6, 6.07) is 4.09. The Morgan fingerprint density at radius 1 is 1.65 bits per heavy atom. The first-order valence-corrected chi connectivity index (χ1v) is 6.50. The van der Waals surface area contributed by atoms with Crippen LogP contribution < -0.4 is 5.73 Å². The highest BCUT2D eigenvalue weighted by Gasteiger charge is 2.22. The lowest BCUT2D eigenvalue weighted by molar-refractivity contribution is 0.195. The number of rotatable bonds is 3. The van der Waals surface area contributed by atoms with E-state index in [0.29, 0.717) is 10.9 Å². The fourth-order valence-corrected chi connectivity index (χ4v) is 2.52. The number of pyridine rings is 1. The van der Waals surface area contributed by atoms with E-state index in [1.807, 2.05) is 12.3 Å². The molecule has 1 saturated heterocycles. The van der Waals surface area contributed by atoms with Gasteiger partial charge in [-0.3, -0.25) is 9.88 Å². The van der Waals surface area contributed by atoms with Gasteiger partial charge in [0.1, 0.15) is 0 Å². The smallest absolute Gasteiger partial charge is 0.0771 e. The van der Waals surface area contributed by atoms with Gasteiger partial charge in [-0.15, -0.1) is 0 Å². The van der Waals surface area contributed by atoms with Gasteiger partial charge in [0.25, 0.3) is 0 Å². The van der Waals surface area contributed by atoms with Crippen molar-refractivity contribution in [3.63, 3.8) is 0 Å². The summed E-state index contributed by atoms with van der Waals surface area (Å²) >= 11 is 5.09. The van der Waals surface area contributed by atoms with Crippen LogP contribution in [-0.4, -0.2) is 28.0 Å². The second kappa shape index (κ2) is 5.56. The molecule has 0 aromatic carbocycles. The quantitative estimate of drug-likeness (QED) is 0.831. The van der Waals surface area contributed by atoms with Crippen LogP contribution in [0.25, 0.3) is 0 Å². The third-order valence-electron chi connectivity index (χ3n) is 3.40. The van der Waals surface area contributed by atoms with Gasteiger partial charge in [0.05, 0.1) is 10.7 Å². The van der Waals surface area contributed by atoms with Gasteiger partial charge >= 0.3 is 0 Å². The number of aryl methyl sites for hydroxylation is 1. The molecule has 1 atom stereocenters. The van der Waals surface area contributed by atoms with Crippen molar-refractivity contribution < 1.29 is 0 Å². The van der Waals surface area contributed by atoms with E-state index in [0.717, 1.165) is 31.7 Å². The van der Waals surface area contributed by atoms with Crippen LogP contribution in [0.2, 0.25) is 0 Å². The van der Waals surface area contributed by atoms with Crippen molar-refractivity contribution in [1.82, 2.24) is 9.88 Å². The lowest BCUT2D eigenvalue weighted by atomic mass is 9.98. The SMILES string of the molecule is Cc1cccnc1CN1CCCC(C(N)=S)C1. The predicted octanol–water partition coefficient (Wildman–Crippen LogP) is 1.89. The molecule has 1 aliphatic heterocycles. The third-order valence-corrected chi connectivity index (χ3v) is 3.73. The molecule has 2 heterocycles. The van der Waals surface area contributed by atoms with Gasteiger partial charge in [0.15, 0.2) is 0 Å². The van der Waals surface area contributed by atoms with Crippen molar-refractivity contribution in [2.45, 2.75) is 26.3 Å². The summed E-state index contributed by atoms with van der Waals surface area (Å²) in [5.74, 6) is 0.378. The molecule has 2 rings (SSSR count). The number of thiocarbonyl (C=S) groups is 1. The number of aromatic nitrogens is 1. The van der Waals surface area contributed by atoms with Gasteiger partial charge in [-0.05, 0) is 37.9 Å². The standard InChI is InChI=1S/C13H19N3S/c1-10-4-2-6-15-12(10)9-16-7-3-5-11(8-16)13(14)17/h2,4,6,11H,3,5,7-9H2,1H3,(H2,14,17). The van der Waals surface area contributed by atoms with Gasteiger partial charge in [0, 0.05) is 25.2 Å². The molecule has 0 aliphatic carbocycles. The fourth-order valence-electron chi connectivity index (χ4n) is 2.33. The van der Waals surface area contributed by atoms with Crippen molar-refractivity contribution >= 4 is 17.2 Å². The summed E-state index contributed by atoms with van der Waals surface area (Å²) in [7, 11) is 0. The van der Waals surface area contributed by atoms with Crippen molar-refractivity contribution in [3.8, 4) is 0 Å². The molecule has 0 bridgehead atoms. The minimum atomic E-state index is 0.378. The number of hydrogen-bond donors (Lipinski definition) is 1. The molecule has 92 valence electrons. The van der Waals surface area contributed by atoms with Gasteiger partial charge < -0.3 is 5.73 Å². The first-order chi connectivity index (χ1) is 8.16. The highest BCUT2D eigenvalue weighted by atomic mass is 32.1. The van der Waals surface area contributed by atoms with Crippen LogP contribution in [0.15, 0.2) is 18.3 Å². The molecule has 0 spiro atoms. The summed E-state index contributed by atoms with van der Waals surface area (Å²) < 4.78 is 0. The molecular weight excluding hydrogens is 230 g/mol. The zero-order chi connectivity index (χ0) is 12.3. The number of likely N-dealkylation sites (tertiary alicyclic amines) is 1. The predicted molar refractivity (Wildman–Crippen MR) is 73.8 cm³/mol. The normalized spacial score (nSPS) is 21.4. The molecule has 0 amide bonds. The highest BCUT2D eigenvalue weighted by molar-refractivity contribution is 7.80. The minimum Gasteiger partial charge on any atom is -0.393 e. The minimum absolute atomic E-state index is 0.378. The average Bonchev–Trinajstić information content (AvgIpc) is 2.32. The maximum atomic E-state index is 5.74. The molecule has 1 unspecified atom stereocenters. The Labute approximate surface area is 108 Å². The van der Waals surface area contributed by atoms with Gasteiger partial charge in [-0.25, -0.2) is 0 Å². The second-order valence-electron chi connectivity index (χ2n) is 4.74. The summed E-state index contributed by atoms with van der Waals surface area (Å²) in [5.41, 5.74) is 8.16. The monoisotopic (exact) mass is 249 g/mol. The lowest BCUT2D eigenvalue weighted by Crippen LogP contribution is -2.40. The molecule has 1 aromatic rings. The van der Waals surface area contributed by atoms with E-state index in [-0.39, 0.29) is 0 Å². The largest absolute Gasteiger partial charge is 0.393 e. The van der Waals surface area contributed by atoms with Crippen LogP contribution in [0.3, 0.4) is 0 Å². The molecule has 1 fully saturated rings. The Morgan fingerprint density at radius 2 is 2.47 bits per heavy atom. The first-order valence-electron chi connectivity index (χ1n) is 6.09. The molecule has 3 nitrogen and oxygen atoms in total. The molecule has 4 heteroatoms. The van der Waals surface area contributed by atoms with Gasteiger partial charge in [0.2, 0.25) is 0 Å². The first kappa shape index (κ1) is 12.5. The number of piperidine rings is 1. The maximum Gasteiger partial charge on any atom is 0.0771 e.